The van der Waals surface area contributed by atoms with Gasteiger partial charge in [-0.2, -0.15) is 0 Å². The molecule has 17 heavy (non-hydrogen) atoms. The van der Waals surface area contributed by atoms with E-state index in [4.69, 9.17) is 14.9 Å². The van der Waals surface area contributed by atoms with E-state index in [1.54, 1.807) is 0 Å². The quantitative estimate of drug-likeness (QED) is 0.847. The molecule has 0 aliphatic rings. The van der Waals surface area contributed by atoms with Gasteiger partial charge in [-0.05, 0) is 30.3 Å². The van der Waals surface area contributed by atoms with Crippen molar-refractivity contribution in [2.75, 3.05) is 0 Å². The molecule has 1 aromatic heterocycles. The first-order chi connectivity index (χ1) is 8.15. The van der Waals surface area contributed by atoms with Crippen LogP contribution in [0.3, 0.4) is 0 Å². The van der Waals surface area contributed by atoms with E-state index < -0.39 is 5.97 Å². The highest BCUT2D eigenvalue weighted by molar-refractivity contribution is 5.87. The van der Waals surface area contributed by atoms with E-state index in [2.05, 4.69) is 4.98 Å². The van der Waals surface area contributed by atoms with Gasteiger partial charge >= 0.3 is 5.97 Å². The molecule has 0 atom stereocenters. The van der Waals surface area contributed by atoms with Gasteiger partial charge in [-0.15, -0.1) is 0 Å². The zero-order valence-corrected chi connectivity index (χ0v) is 8.70. The van der Waals surface area contributed by atoms with Crippen LogP contribution >= 0.6 is 0 Å². The number of hydrogen-bond acceptors (Lipinski definition) is 4. The lowest BCUT2D eigenvalue weighted by Crippen LogP contribution is -1.95. The summed E-state index contributed by atoms with van der Waals surface area (Å²) >= 11 is 0. The van der Waals surface area contributed by atoms with Gasteiger partial charge in [0, 0.05) is 6.07 Å². The molecule has 0 aliphatic heterocycles. The van der Waals surface area contributed by atoms with Crippen molar-refractivity contribution in [3.05, 3.63) is 48.2 Å². The number of carboxylic acid groups (broad SMARTS) is 1. The van der Waals surface area contributed by atoms with Gasteiger partial charge in [0.1, 0.15) is 11.5 Å². The van der Waals surface area contributed by atoms with Crippen LogP contribution in [0, 0.1) is 0 Å². The molecule has 2 rings (SSSR count). The molecule has 0 aliphatic carbocycles. The molecule has 0 unspecified atom stereocenters. The van der Waals surface area contributed by atoms with Gasteiger partial charge in [0.05, 0.1) is 11.8 Å². The molecule has 0 saturated carbocycles. The molecule has 0 spiro atoms. The largest absolute Gasteiger partial charge is 0.506 e. The molecular weight excluding hydrogens is 222 g/mol. The summed E-state index contributed by atoms with van der Waals surface area (Å²) in [6.07, 6.45) is 1.26. The van der Waals surface area contributed by atoms with Gasteiger partial charge in [0.25, 0.3) is 0 Å². The number of pyridine rings is 1. The molecule has 2 aromatic rings. The number of rotatable bonds is 3. The minimum Gasteiger partial charge on any atom is -0.506 e. The van der Waals surface area contributed by atoms with Gasteiger partial charge in [-0.25, -0.2) is 9.78 Å². The van der Waals surface area contributed by atoms with Gasteiger partial charge < -0.3 is 14.9 Å². The fourth-order valence-electron chi connectivity index (χ4n) is 1.22. The van der Waals surface area contributed by atoms with Crippen LogP contribution in [0.1, 0.15) is 10.4 Å². The van der Waals surface area contributed by atoms with Crippen molar-refractivity contribution in [3.8, 4) is 17.4 Å². The molecule has 0 radical (unpaired) electrons. The summed E-state index contributed by atoms with van der Waals surface area (Å²) in [6.45, 7) is 0. The van der Waals surface area contributed by atoms with Crippen molar-refractivity contribution in [1.29, 1.82) is 0 Å². The third kappa shape index (κ3) is 2.72. The number of aromatic carboxylic acids is 1. The summed E-state index contributed by atoms with van der Waals surface area (Å²) in [6, 6.07) is 8.93. The normalized spacial score (nSPS) is 9.88. The highest BCUT2D eigenvalue weighted by atomic mass is 16.5. The van der Waals surface area contributed by atoms with Crippen molar-refractivity contribution < 1.29 is 19.7 Å². The van der Waals surface area contributed by atoms with E-state index >= 15 is 0 Å². The van der Waals surface area contributed by atoms with E-state index in [9.17, 15) is 4.79 Å². The molecule has 0 fully saturated rings. The molecule has 5 nitrogen and oxygen atoms in total. The van der Waals surface area contributed by atoms with Crippen molar-refractivity contribution >= 4 is 5.97 Å². The summed E-state index contributed by atoms with van der Waals surface area (Å²) < 4.78 is 5.35. The van der Waals surface area contributed by atoms with Crippen molar-refractivity contribution in [2.45, 2.75) is 0 Å². The predicted octanol–water partition coefficient (Wildman–Crippen LogP) is 2.28. The van der Waals surface area contributed by atoms with Crippen LogP contribution in [-0.4, -0.2) is 21.2 Å². The Hall–Kier alpha value is -2.56. The van der Waals surface area contributed by atoms with Crippen LogP contribution in [-0.2, 0) is 0 Å². The number of ether oxygens (including phenoxy) is 1. The Bertz CT molecular complexity index is 519. The molecule has 0 amide bonds. The lowest BCUT2D eigenvalue weighted by atomic mass is 10.2. The van der Waals surface area contributed by atoms with Crippen molar-refractivity contribution in [1.82, 2.24) is 4.98 Å². The molecule has 5 heteroatoms. The van der Waals surface area contributed by atoms with E-state index in [-0.39, 0.29) is 11.3 Å². The van der Waals surface area contributed by atoms with E-state index in [0.717, 1.165) is 0 Å². The highest BCUT2D eigenvalue weighted by Crippen LogP contribution is 2.20. The third-order valence-electron chi connectivity index (χ3n) is 2.04. The lowest BCUT2D eigenvalue weighted by molar-refractivity contribution is 0.0697. The van der Waals surface area contributed by atoms with Crippen LogP contribution in [0.25, 0.3) is 0 Å². The fraction of sp³-hybridized carbons (Fsp3) is 0. The molecular formula is C12H9NO4. The van der Waals surface area contributed by atoms with Gasteiger partial charge in [0.15, 0.2) is 0 Å². The first-order valence-corrected chi connectivity index (χ1v) is 4.81. The summed E-state index contributed by atoms with van der Waals surface area (Å²) in [5, 5.41) is 17.8. The Morgan fingerprint density at radius 1 is 1.12 bits per heavy atom. The van der Waals surface area contributed by atoms with Crippen LogP contribution < -0.4 is 4.74 Å². The standard InChI is InChI=1S/C12H9NO4/c14-9-3-6-11(13-7-9)17-10-4-1-8(2-5-10)12(15)16/h1-7,14H,(H,15,16). The second kappa shape index (κ2) is 4.52. The van der Waals surface area contributed by atoms with Crippen molar-refractivity contribution in [3.63, 3.8) is 0 Å². The Balaban J connectivity index is 2.13. The average Bonchev–Trinajstić information content (AvgIpc) is 2.33. The summed E-state index contributed by atoms with van der Waals surface area (Å²) in [7, 11) is 0. The smallest absolute Gasteiger partial charge is 0.335 e. The molecule has 1 aromatic carbocycles. The number of carboxylic acids is 1. The van der Waals surface area contributed by atoms with Gasteiger partial charge in [0.2, 0.25) is 5.88 Å². The van der Waals surface area contributed by atoms with Crippen LogP contribution in [0.2, 0.25) is 0 Å². The van der Waals surface area contributed by atoms with Crippen molar-refractivity contribution in [2.24, 2.45) is 0 Å². The average molecular weight is 231 g/mol. The van der Waals surface area contributed by atoms with E-state index in [0.29, 0.717) is 11.6 Å². The predicted molar refractivity (Wildman–Crippen MR) is 59.4 cm³/mol. The van der Waals surface area contributed by atoms with E-state index in [1.807, 2.05) is 0 Å². The number of benzene rings is 1. The van der Waals surface area contributed by atoms with E-state index in [1.165, 1.54) is 42.6 Å². The van der Waals surface area contributed by atoms with Crippen LogP contribution in [0.4, 0.5) is 0 Å². The maximum Gasteiger partial charge on any atom is 0.335 e. The molecule has 2 N–H and O–H groups in total. The minimum absolute atomic E-state index is 0.0542. The highest BCUT2D eigenvalue weighted by Gasteiger charge is 2.03. The Kier molecular flexibility index (Phi) is 2.91. The third-order valence-corrected chi connectivity index (χ3v) is 2.04. The zero-order chi connectivity index (χ0) is 12.3. The number of nitrogens with zero attached hydrogens (tertiary/aromatic N) is 1. The molecule has 0 bridgehead atoms. The number of carbonyl (C=O) groups is 1. The van der Waals surface area contributed by atoms with Gasteiger partial charge in [-0.3, -0.25) is 0 Å². The first kappa shape index (κ1) is 10.9. The Morgan fingerprint density at radius 3 is 2.35 bits per heavy atom. The SMILES string of the molecule is O=C(O)c1ccc(Oc2ccc(O)cn2)cc1. The number of hydrogen-bond donors (Lipinski definition) is 2. The van der Waals surface area contributed by atoms with Gasteiger partial charge in [-0.1, -0.05) is 0 Å². The van der Waals surface area contributed by atoms with Crippen LogP contribution in [0.5, 0.6) is 17.4 Å². The lowest BCUT2D eigenvalue weighted by Gasteiger charge is -2.04. The number of aromatic hydroxyl groups is 1. The Labute approximate surface area is 96.9 Å². The maximum absolute atomic E-state index is 10.6. The second-order valence-electron chi connectivity index (χ2n) is 3.29. The summed E-state index contributed by atoms with van der Waals surface area (Å²) in [5.41, 5.74) is 0.191. The molecule has 0 saturated heterocycles. The number of aromatic nitrogens is 1. The van der Waals surface area contributed by atoms with Crippen LogP contribution in [0.15, 0.2) is 42.6 Å². The summed E-state index contributed by atoms with van der Waals surface area (Å²) in [4.78, 5) is 14.5. The molecule has 86 valence electrons. The topological polar surface area (TPSA) is 79.7 Å². The summed E-state index contributed by atoms with van der Waals surface area (Å²) in [5.74, 6) is -0.128. The maximum atomic E-state index is 10.6. The minimum atomic E-state index is -0.987. The Morgan fingerprint density at radius 2 is 1.82 bits per heavy atom. The second-order valence-corrected chi connectivity index (χ2v) is 3.29. The fourth-order valence-corrected chi connectivity index (χ4v) is 1.22. The monoisotopic (exact) mass is 231 g/mol. The first-order valence-electron chi connectivity index (χ1n) is 4.81. The molecule has 1 heterocycles. The zero-order valence-electron chi connectivity index (χ0n) is 8.70.